The molecule has 0 aromatic heterocycles. The monoisotopic (exact) mass is 212 g/mol. The molecule has 86 valence electrons. The fraction of sp³-hybridized carbons (Fsp3) is 0.583. The Morgan fingerprint density at radius 1 is 1.27 bits per heavy atom. The lowest BCUT2D eigenvalue weighted by molar-refractivity contribution is -0.874. The molecule has 0 radical (unpaired) electrons. The third-order valence-corrected chi connectivity index (χ3v) is 2.76. The Morgan fingerprint density at radius 3 is 2.20 bits per heavy atom. The topological polar surface area (TPSA) is 26.3 Å². The van der Waals surface area contributed by atoms with Crippen molar-refractivity contribution in [1.82, 2.24) is 0 Å². The van der Waals surface area contributed by atoms with Crippen LogP contribution in [-0.4, -0.2) is 36.7 Å². The molecule has 0 spiro atoms. The third-order valence-electron chi connectivity index (χ3n) is 2.76. The first kappa shape index (κ1) is 13.9. The molecule has 0 N–H and O–H groups in total. The summed E-state index contributed by atoms with van der Waals surface area (Å²) in [6.45, 7) is 13.1. The van der Waals surface area contributed by atoms with Crippen LogP contribution < -0.4 is 0 Å². The van der Waals surface area contributed by atoms with E-state index in [-0.39, 0.29) is 12.6 Å². The predicted octanol–water partition coefficient (Wildman–Crippen LogP) is 2.11. The lowest BCUT2D eigenvalue weighted by atomic mass is 10.3. The number of rotatable bonds is 7. The largest absolute Gasteiger partial charge is 0.458 e. The highest BCUT2D eigenvalue weighted by atomic mass is 16.5. The van der Waals surface area contributed by atoms with Crippen molar-refractivity contribution < 1.29 is 14.0 Å². The van der Waals surface area contributed by atoms with Crippen molar-refractivity contribution in [2.75, 3.05) is 26.2 Å². The quantitative estimate of drug-likeness (QED) is 0.279. The molecule has 15 heavy (non-hydrogen) atoms. The van der Waals surface area contributed by atoms with E-state index in [1.165, 1.54) is 6.08 Å². The minimum Gasteiger partial charge on any atom is -0.458 e. The van der Waals surface area contributed by atoms with Gasteiger partial charge in [0.1, 0.15) is 12.8 Å². The van der Waals surface area contributed by atoms with Gasteiger partial charge in [-0.3, -0.25) is 4.48 Å². The second-order valence-electron chi connectivity index (χ2n) is 3.40. The number of hydrogen-bond acceptors (Lipinski definition) is 2. The molecule has 0 rings (SSSR count). The first-order valence-electron chi connectivity index (χ1n) is 5.46. The van der Waals surface area contributed by atoms with Crippen molar-refractivity contribution in [3.05, 3.63) is 24.9 Å². The standard InChI is InChI=1S/C12H22NO2/c1-5-11-15-12(14)9-10-13(6-2,7-3)8-4/h5,9-10H,1,6-8,11H2,2-4H3/q+1/b10-9+. The second kappa shape index (κ2) is 7.23. The van der Waals surface area contributed by atoms with E-state index in [1.807, 2.05) is 6.20 Å². The van der Waals surface area contributed by atoms with Gasteiger partial charge >= 0.3 is 5.97 Å². The van der Waals surface area contributed by atoms with Crippen LogP contribution in [0, 0.1) is 0 Å². The molecular weight excluding hydrogens is 190 g/mol. The van der Waals surface area contributed by atoms with Crippen molar-refractivity contribution >= 4 is 5.97 Å². The molecule has 0 aromatic carbocycles. The van der Waals surface area contributed by atoms with Crippen LogP contribution in [0.1, 0.15) is 20.8 Å². The van der Waals surface area contributed by atoms with E-state index in [0.717, 1.165) is 24.1 Å². The maximum atomic E-state index is 11.2. The average molecular weight is 212 g/mol. The number of quaternary nitrogens is 1. The van der Waals surface area contributed by atoms with Gasteiger partial charge in [-0.05, 0) is 20.8 Å². The van der Waals surface area contributed by atoms with Gasteiger partial charge in [-0.2, -0.15) is 0 Å². The van der Waals surface area contributed by atoms with Gasteiger partial charge in [0.25, 0.3) is 0 Å². The zero-order valence-electron chi connectivity index (χ0n) is 10.0. The van der Waals surface area contributed by atoms with Crippen LogP contribution >= 0.6 is 0 Å². The molecule has 0 bridgehead atoms. The SMILES string of the molecule is C=CCOC(=O)/C=C/[N+](CC)(CC)CC. The smallest absolute Gasteiger partial charge is 0.336 e. The highest BCUT2D eigenvalue weighted by molar-refractivity contribution is 5.81. The highest BCUT2D eigenvalue weighted by Crippen LogP contribution is 2.06. The number of nitrogens with zero attached hydrogens (tertiary/aromatic N) is 1. The third kappa shape index (κ3) is 4.79. The summed E-state index contributed by atoms with van der Waals surface area (Å²) < 4.78 is 5.68. The molecule has 0 saturated heterocycles. The number of carbonyl (C=O) groups is 1. The molecular formula is C12H22NO2+. The molecule has 0 aromatic rings. The van der Waals surface area contributed by atoms with Gasteiger partial charge in [-0.25, -0.2) is 4.79 Å². The maximum Gasteiger partial charge on any atom is 0.336 e. The van der Waals surface area contributed by atoms with Gasteiger partial charge in [0.2, 0.25) is 0 Å². The summed E-state index contributed by atoms with van der Waals surface area (Å²) in [5.74, 6) is -0.298. The summed E-state index contributed by atoms with van der Waals surface area (Å²) in [6, 6.07) is 0. The Hall–Kier alpha value is -1.09. The van der Waals surface area contributed by atoms with Crippen LogP contribution in [0.4, 0.5) is 0 Å². The van der Waals surface area contributed by atoms with E-state index < -0.39 is 0 Å². The normalized spacial score (nSPS) is 11.7. The van der Waals surface area contributed by atoms with Gasteiger partial charge in [-0.1, -0.05) is 12.7 Å². The Balaban J connectivity index is 4.32. The van der Waals surface area contributed by atoms with Crippen LogP contribution in [0.3, 0.4) is 0 Å². The lowest BCUT2D eigenvalue weighted by Gasteiger charge is -2.31. The molecule has 0 heterocycles. The summed E-state index contributed by atoms with van der Waals surface area (Å²) in [5.41, 5.74) is 0. The van der Waals surface area contributed by atoms with Crippen molar-refractivity contribution in [3.63, 3.8) is 0 Å². The molecule has 0 unspecified atom stereocenters. The molecule has 0 atom stereocenters. The van der Waals surface area contributed by atoms with Crippen LogP contribution in [0.15, 0.2) is 24.9 Å². The van der Waals surface area contributed by atoms with E-state index in [0.29, 0.717) is 0 Å². The first-order valence-corrected chi connectivity index (χ1v) is 5.46. The van der Waals surface area contributed by atoms with Gasteiger partial charge < -0.3 is 4.74 Å². The molecule has 0 aliphatic rings. The minimum absolute atomic E-state index is 0.271. The van der Waals surface area contributed by atoms with Crippen LogP contribution in [-0.2, 0) is 9.53 Å². The second-order valence-corrected chi connectivity index (χ2v) is 3.40. The van der Waals surface area contributed by atoms with Crippen LogP contribution in [0.2, 0.25) is 0 Å². The van der Waals surface area contributed by atoms with Crippen molar-refractivity contribution in [2.45, 2.75) is 20.8 Å². The van der Waals surface area contributed by atoms with Gasteiger partial charge in [0.05, 0.1) is 25.7 Å². The fourth-order valence-corrected chi connectivity index (χ4v) is 1.40. The van der Waals surface area contributed by atoms with Gasteiger partial charge in [0.15, 0.2) is 0 Å². The minimum atomic E-state index is -0.298. The van der Waals surface area contributed by atoms with E-state index in [9.17, 15) is 4.79 Å². The zero-order chi connectivity index (χ0) is 11.7. The lowest BCUT2D eigenvalue weighted by Crippen LogP contribution is -2.42. The Labute approximate surface area is 92.6 Å². The predicted molar refractivity (Wildman–Crippen MR) is 62.2 cm³/mol. The van der Waals surface area contributed by atoms with Crippen LogP contribution in [0.5, 0.6) is 0 Å². The number of hydrogen-bond donors (Lipinski definition) is 0. The molecule has 0 fully saturated rings. The van der Waals surface area contributed by atoms with E-state index >= 15 is 0 Å². The molecule has 0 amide bonds. The van der Waals surface area contributed by atoms with E-state index in [4.69, 9.17) is 4.74 Å². The summed E-state index contributed by atoms with van der Waals surface area (Å²) in [4.78, 5) is 11.2. The number of carbonyl (C=O) groups excluding carboxylic acids is 1. The number of ether oxygens (including phenoxy) is 1. The average Bonchev–Trinajstić information content (AvgIpc) is 2.29. The Kier molecular flexibility index (Phi) is 6.71. The summed E-state index contributed by atoms with van der Waals surface area (Å²) in [5, 5.41) is 0. The summed E-state index contributed by atoms with van der Waals surface area (Å²) in [7, 11) is 0. The first-order chi connectivity index (χ1) is 7.14. The zero-order valence-corrected chi connectivity index (χ0v) is 10.0. The summed E-state index contributed by atoms with van der Waals surface area (Å²) in [6.07, 6.45) is 5.00. The van der Waals surface area contributed by atoms with Crippen LogP contribution in [0.25, 0.3) is 0 Å². The van der Waals surface area contributed by atoms with Crippen molar-refractivity contribution in [1.29, 1.82) is 0 Å². The number of esters is 1. The molecule has 3 nitrogen and oxygen atoms in total. The van der Waals surface area contributed by atoms with Crippen molar-refractivity contribution in [3.8, 4) is 0 Å². The summed E-state index contributed by atoms with van der Waals surface area (Å²) >= 11 is 0. The van der Waals surface area contributed by atoms with Gasteiger partial charge in [-0.15, -0.1) is 0 Å². The van der Waals surface area contributed by atoms with Crippen molar-refractivity contribution in [2.24, 2.45) is 0 Å². The molecule has 0 aliphatic heterocycles. The highest BCUT2D eigenvalue weighted by Gasteiger charge is 2.17. The Morgan fingerprint density at radius 2 is 1.80 bits per heavy atom. The fourth-order valence-electron chi connectivity index (χ4n) is 1.40. The van der Waals surface area contributed by atoms with E-state index in [1.54, 1.807) is 6.08 Å². The Bertz CT molecular complexity index is 222. The molecule has 0 saturated carbocycles. The van der Waals surface area contributed by atoms with Gasteiger partial charge in [0, 0.05) is 0 Å². The molecule has 3 heteroatoms. The molecule has 0 aliphatic carbocycles. The van der Waals surface area contributed by atoms with E-state index in [2.05, 4.69) is 27.4 Å². The maximum absolute atomic E-state index is 11.2.